The van der Waals surface area contributed by atoms with Crippen molar-refractivity contribution in [3.05, 3.63) is 47.9 Å². The van der Waals surface area contributed by atoms with Crippen LogP contribution in [0.4, 0.5) is 10.2 Å². The second kappa shape index (κ2) is 11.3. The van der Waals surface area contributed by atoms with Crippen molar-refractivity contribution in [2.45, 2.75) is 38.3 Å². The molecular weight excluding hydrogens is 435 g/mol. The Hall–Kier alpha value is -2.42. The van der Waals surface area contributed by atoms with Crippen LogP contribution in [0.1, 0.15) is 31.7 Å². The minimum atomic E-state index is -0.852. The van der Waals surface area contributed by atoms with Gasteiger partial charge in [0.2, 0.25) is 0 Å². The number of benzene rings is 1. The number of halogens is 1. The highest BCUT2D eigenvalue weighted by molar-refractivity contribution is 5.43. The average molecular weight is 473 g/mol. The molecule has 2 saturated heterocycles. The van der Waals surface area contributed by atoms with Gasteiger partial charge in [-0.1, -0.05) is 13.0 Å². The molecular formula is C26H37FN4O3. The summed E-state index contributed by atoms with van der Waals surface area (Å²) in [4.78, 5) is 8.57. The van der Waals surface area contributed by atoms with Gasteiger partial charge in [0, 0.05) is 32.7 Å². The SMILES string of the molecule is COc1cc(CNC[C@@]2(O)CCN(c3ccc(F)cn3)C2)ccc1OCCN1CCC(C)CC1. The summed E-state index contributed by atoms with van der Waals surface area (Å²) in [6, 6.07) is 9.02. The van der Waals surface area contributed by atoms with Crippen molar-refractivity contribution in [3.63, 3.8) is 0 Å². The highest BCUT2D eigenvalue weighted by Crippen LogP contribution is 2.29. The lowest BCUT2D eigenvalue weighted by molar-refractivity contribution is 0.0626. The van der Waals surface area contributed by atoms with E-state index < -0.39 is 5.60 Å². The van der Waals surface area contributed by atoms with Crippen LogP contribution in [-0.4, -0.2) is 73.6 Å². The van der Waals surface area contributed by atoms with Crippen LogP contribution in [0.5, 0.6) is 11.5 Å². The van der Waals surface area contributed by atoms with Gasteiger partial charge >= 0.3 is 0 Å². The summed E-state index contributed by atoms with van der Waals surface area (Å²) in [5.41, 5.74) is 0.211. The standard InChI is InChI=1S/C26H37FN4O3/c1-20-7-10-30(11-8-20)13-14-34-23-5-3-21(15-24(23)33-2)16-28-18-26(32)9-12-31(19-26)25-6-4-22(27)17-29-25/h3-6,15,17,20,28,32H,7-14,16,18-19H2,1-2H3/t26-/m0/s1. The maximum absolute atomic E-state index is 13.1. The molecule has 8 heteroatoms. The van der Waals surface area contributed by atoms with Crippen LogP contribution in [0.3, 0.4) is 0 Å². The average Bonchev–Trinajstić information content (AvgIpc) is 3.23. The van der Waals surface area contributed by atoms with Crippen LogP contribution < -0.4 is 19.7 Å². The number of anilines is 1. The zero-order valence-electron chi connectivity index (χ0n) is 20.3. The van der Waals surface area contributed by atoms with E-state index in [0.717, 1.165) is 42.6 Å². The third kappa shape index (κ3) is 6.58. The summed E-state index contributed by atoms with van der Waals surface area (Å²) < 4.78 is 24.7. The van der Waals surface area contributed by atoms with Crippen LogP contribution >= 0.6 is 0 Å². The molecule has 1 atom stereocenters. The van der Waals surface area contributed by atoms with Crippen LogP contribution in [0, 0.1) is 11.7 Å². The molecule has 0 spiro atoms. The van der Waals surface area contributed by atoms with Crippen LogP contribution in [0.15, 0.2) is 36.5 Å². The minimum absolute atomic E-state index is 0.358. The quantitative estimate of drug-likeness (QED) is 0.551. The molecule has 2 N–H and O–H groups in total. The Morgan fingerprint density at radius 1 is 1.18 bits per heavy atom. The summed E-state index contributed by atoms with van der Waals surface area (Å²) in [5.74, 6) is 2.64. The van der Waals surface area contributed by atoms with Gasteiger partial charge in [-0.3, -0.25) is 4.90 Å². The van der Waals surface area contributed by atoms with Crippen molar-refractivity contribution >= 4 is 5.82 Å². The summed E-state index contributed by atoms with van der Waals surface area (Å²) in [5, 5.41) is 14.3. The zero-order chi connectivity index (χ0) is 24.0. The zero-order valence-corrected chi connectivity index (χ0v) is 20.3. The van der Waals surface area contributed by atoms with E-state index in [1.807, 2.05) is 23.1 Å². The molecule has 2 aliphatic heterocycles. The van der Waals surface area contributed by atoms with E-state index >= 15 is 0 Å². The lowest BCUT2D eigenvalue weighted by atomic mass is 9.99. The molecule has 0 bridgehead atoms. The predicted molar refractivity (Wildman–Crippen MR) is 131 cm³/mol. The first kappa shape index (κ1) is 24.7. The number of ether oxygens (including phenoxy) is 2. The first-order valence-corrected chi connectivity index (χ1v) is 12.3. The Labute approximate surface area is 201 Å². The molecule has 1 aromatic carbocycles. The van der Waals surface area contributed by atoms with Crippen LogP contribution in [0.25, 0.3) is 0 Å². The van der Waals surface area contributed by atoms with Crippen LogP contribution in [-0.2, 0) is 6.54 Å². The molecule has 34 heavy (non-hydrogen) atoms. The molecule has 0 unspecified atom stereocenters. The molecule has 3 heterocycles. The highest BCUT2D eigenvalue weighted by Gasteiger charge is 2.36. The number of nitrogens with one attached hydrogen (secondary N) is 1. The second-order valence-corrected chi connectivity index (χ2v) is 9.69. The number of hydrogen-bond donors (Lipinski definition) is 2. The number of piperidine rings is 1. The number of pyridine rings is 1. The molecule has 0 radical (unpaired) electrons. The Kier molecular flexibility index (Phi) is 8.24. The fourth-order valence-corrected chi connectivity index (χ4v) is 4.70. The molecule has 0 aliphatic carbocycles. The van der Waals surface area contributed by atoms with Gasteiger partial charge < -0.3 is 24.8 Å². The van der Waals surface area contributed by atoms with Gasteiger partial charge in [-0.05, 0) is 68.1 Å². The number of aliphatic hydroxyl groups is 1. The molecule has 2 fully saturated rings. The molecule has 186 valence electrons. The van der Waals surface area contributed by atoms with Crippen molar-refractivity contribution in [3.8, 4) is 11.5 Å². The number of hydrogen-bond acceptors (Lipinski definition) is 7. The van der Waals surface area contributed by atoms with Gasteiger partial charge in [-0.15, -0.1) is 0 Å². The highest BCUT2D eigenvalue weighted by atomic mass is 19.1. The number of aromatic nitrogens is 1. The normalized spacial score (nSPS) is 21.7. The van der Waals surface area contributed by atoms with E-state index in [0.29, 0.717) is 45.0 Å². The molecule has 0 amide bonds. The third-order valence-electron chi connectivity index (χ3n) is 6.92. The van der Waals surface area contributed by atoms with Crippen molar-refractivity contribution in [1.82, 2.24) is 15.2 Å². The lowest BCUT2D eigenvalue weighted by Crippen LogP contribution is -2.43. The van der Waals surface area contributed by atoms with E-state index in [-0.39, 0.29) is 5.82 Å². The van der Waals surface area contributed by atoms with Crippen molar-refractivity contribution < 1.29 is 19.0 Å². The smallest absolute Gasteiger partial charge is 0.161 e. The Morgan fingerprint density at radius 2 is 2.00 bits per heavy atom. The number of methoxy groups -OCH3 is 1. The van der Waals surface area contributed by atoms with E-state index in [1.54, 1.807) is 13.2 Å². The van der Waals surface area contributed by atoms with Gasteiger partial charge in [-0.2, -0.15) is 0 Å². The Morgan fingerprint density at radius 3 is 2.74 bits per heavy atom. The Balaban J connectivity index is 1.23. The summed E-state index contributed by atoms with van der Waals surface area (Å²) in [7, 11) is 1.66. The maximum Gasteiger partial charge on any atom is 0.161 e. The Bertz CT molecular complexity index is 921. The van der Waals surface area contributed by atoms with Crippen molar-refractivity contribution in [2.24, 2.45) is 5.92 Å². The predicted octanol–water partition coefficient (Wildman–Crippen LogP) is 3.07. The largest absolute Gasteiger partial charge is 0.493 e. The van der Waals surface area contributed by atoms with Crippen molar-refractivity contribution in [1.29, 1.82) is 0 Å². The fraction of sp³-hybridized carbons (Fsp3) is 0.577. The van der Waals surface area contributed by atoms with Gasteiger partial charge in [0.1, 0.15) is 18.2 Å². The fourth-order valence-electron chi connectivity index (χ4n) is 4.70. The van der Waals surface area contributed by atoms with Gasteiger partial charge in [0.05, 0.1) is 18.9 Å². The topological polar surface area (TPSA) is 70.1 Å². The summed E-state index contributed by atoms with van der Waals surface area (Å²) in [6.07, 6.45) is 4.37. The van der Waals surface area contributed by atoms with E-state index in [9.17, 15) is 9.50 Å². The van der Waals surface area contributed by atoms with Gasteiger partial charge in [-0.25, -0.2) is 9.37 Å². The summed E-state index contributed by atoms with van der Waals surface area (Å²) in [6.45, 7) is 8.42. The molecule has 1 aromatic heterocycles. The van der Waals surface area contributed by atoms with Crippen molar-refractivity contribution in [2.75, 3.05) is 57.9 Å². The van der Waals surface area contributed by atoms with Crippen LogP contribution in [0.2, 0.25) is 0 Å². The number of likely N-dealkylation sites (tertiary alicyclic amines) is 1. The second-order valence-electron chi connectivity index (χ2n) is 9.69. The maximum atomic E-state index is 13.1. The lowest BCUT2D eigenvalue weighted by Gasteiger charge is -2.30. The minimum Gasteiger partial charge on any atom is -0.493 e. The number of β-amino-alcohol motifs (C(OH)–C–C–N with tert-alkyl or cyclic N) is 1. The molecule has 2 aromatic rings. The molecule has 7 nitrogen and oxygen atoms in total. The first-order chi connectivity index (χ1) is 16.4. The van der Waals surface area contributed by atoms with Gasteiger partial charge in [0.15, 0.2) is 11.5 Å². The monoisotopic (exact) mass is 472 g/mol. The summed E-state index contributed by atoms with van der Waals surface area (Å²) >= 11 is 0. The number of rotatable bonds is 10. The third-order valence-corrected chi connectivity index (χ3v) is 6.92. The van der Waals surface area contributed by atoms with E-state index in [2.05, 4.69) is 22.1 Å². The number of nitrogens with zero attached hydrogens (tertiary/aromatic N) is 3. The van der Waals surface area contributed by atoms with E-state index in [4.69, 9.17) is 9.47 Å². The van der Waals surface area contributed by atoms with E-state index in [1.165, 1.54) is 25.1 Å². The molecule has 0 saturated carbocycles. The molecule has 2 aliphatic rings. The van der Waals surface area contributed by atoms with Gasteiger partial charge in [0.25, 0.3) is 0 Å². The first-order valence-electron chi connectivity index (χ1n) is 12.3. The molecule has 4 rings (SSSR count).